The number of hydrogen-bond acceptors (Lipinski definition) is 4. The van der Waals surface area contributed by atoms with Crippen LogP contribution in [0.1, 0.15) is 40.4 Å². The predicted molar refractivity (Wildman–Crippen MR) is 102 cm³/mol. The molecular formula is C21H23N3O2. The topological polar surface area (TPSA) is 72.4 Å². The van der Waals surface area contributed by atoms with Gasteiger partial charge >= 0.3 is 0 Å². The van der Waals surface area contributed by atoms with E-state index in [9.17, 15) is 4.79 Å². The van der Waals surface area contributed by atoms with Gasteiger partial charge in [0, 0.05) is 17.1 Å². The number of nitrogens with zero attached hydrogens (tertiary/aromatic N) is 2. The molecule has 2 N–H and O–H groups in total. The minimum absolute atomic E-state index is 0.432. The van der Waals surface area contributed by atoms with Gasteiger partial charge in [0.1, 0.15) is 11.3 Å². The van der Waals surface area contributed by atoms with Gasteiger partial charge in [0.15, 0.2) is 0 Å². The number of piperidine rings is 1. The summed E-state index contributed by atoms with van der Waals surface area (Å²) in [5, 5.41) is 0.993. The molecule has 1 fully saturated rings. The maximum absolute atomic E-state index is 11.9. The Kier molecular flexibility index (Phi) is 4.24. The van der Waals surface area contributed by atoms with E-state index >= 15 is 0 Å². The molecule has 3 aromatic rings. The van der Waals surface area contributed by atoms with Crippen LogP contribution in [0.15, 0.2) is 40.9 Å². The molecule has 4 rings (SSSR count). The van der Waals surface area contributed by atoms with Crippen molar-refractivity contribution in [2.24, 2.45) is 5.73 Å². The van der Waals surface area contributed by atoms with Crippen LogP contribution >= 0.6 is 0 Å². The number of primary amides is 1. The molecule has 1 aromatic carbocycles. The first-order chi connectivity index (χ1) is 12.6. The van der Waals surface area contributed by atoms with Gasteiger partial charge in [0.05, 0.1) is 11.3 Å². The van der Waals surface area contributed by atoms with E-state index in [4.69, 9.17) is 10.2 Å². The highest BCUT2D eigenvalue weighted by Gasteiger charge is 2.27. The number of pyridine rings is 1. The van der Waals surface area contributed by atoms with E-state index in [2.05, 4.69) is 23.0 Å². The largest absolute Gasteiger partial charge is 0.460 e. The van der Waals surface area contributed by atoms with E-state index in [0.29, 0.717) is 17.1 Å². The van der Waals surface area contributed by atoms with Crippen molar-refractivity contribution >= 4 is 16.9 Å². The number of nitrogens with two attached hydrogens (primary N) is 1. The Labute approximate surface area is 152 Å². The maximum atomic E-state index is 11.9. The van der Waals surface area contributed by atoms with Crippen molar-refractivity contribution in [2.75, 3.05) is 20.1 Å². The Morgan fingerprint density at radius 3 is 2.65 bits per heavy atom. The zero-order valence-electron chi connectivity index (χ0n) is 15.2. The van der Waals surface area contributed by atoms with E-state index in [1.165, 1.54) is 5.56 Å². The van der Waals surface area contributed by atoms with Crippen LogP contribution < -0.4 is 5.73 Å². The molecule has 26 heavy (non-hydrogen) atoms. The molecule has 1 aliphatic heterocycles. The van der Waals surface area contributed by atoms with Crippen LogP contribution in [0.4, 0.5) is 0 Å². The highest BCUT2D eigenvalue weighted by molar-refractivity contribution is 6.09. The van der Waals surface area contributed by atoms with Crippen LogP contribution in [0.5, 0.6) is 0 Å². The average molecular weight is 349 g/mol. The Hall–Kier alpha value is -2.66. The molecule has 3 heterocycles. The highest BCUT2D eigenvalue weighted by Crippen LogP contribution is 2.42. The zero-order chi connectivity index (χ0) is 18.3. The first-order valence-electron chi connectivity index (χ1n) is 9.02. The van der Waals surface area contributed by atoms with Crippen molar-refractivity contribution in [3.05, 3.63) is 53.4 Å². The van der Waals surface area contributed by atoms with Gasteiger partial charge in [0.25, 0.3) is 5.91 Å². The van der Waals surface area contributed by atoms with Crippen LogP contribution in [0, 0.1) is 6.92 Å². The van der Waals surface area contributed by atoms with Gasteiger partial charge in [0.2, 0.25) is 0 Å². The van der Waals surface area contributed by atoms with Crippen LogP contribution in [-0.4, -0.2) is 35.9 Å². The van der Waals surface area contributed by atoms with Gasteiger partial charge < -0.3 is 15.1 Å². The molecule has 0 spiro atoms. The van der Waals surface area contributed by atoms with E-state index < -0.39 is 5.91 Å². The molecule has 0 bridgehead atoms. The maximum Gasteiger partial charge on any atom is 0.252 e. The summed E-state index contributed by atoms with van der Waals surface area (Å²) in [5.41, 5.74) is 9.69. The Balaban J connectivity index is 1.97. The quantitative estimate of drug-likeness (QED) is 0.782. The molecule has 5 heteroatoms. The number of aromatic nitrogens is 1. The SMILES string of the molecule is Cc1oc2c(C(N)=O)ccc(C3CCN(C)CC3)c2c1-c1ccccn1. The number of hydrogen-bond donors (Lipinski definition) is 1. The van der Waals surface area contributed by atoms with Gasteiger partial charge in [-0.2, -0.15) is 0 Å². The van der Waals surface area contributed by atoms with Gasteiger partial charge in [-0.1, -0.05) is 12.1 Å². The number of benzene rings is 1. The molecule has 134 valence electrons. The molecule has 5 nitrogen and oxygen atoms in total. The number of rotatable bonds is 3. The summed E-state index contributed by atoms with van der Waals surface area (Å²) in [6.45, 7) is 4.06. The number of carbonyl (C=O) groups excluding carboxylic acids is 1. The highest BCUT2D eigenvalue weighted by atomic mass is 16.3. The fourth-order valence-electron chi connectivity index (χ4n) is 4.01. The normalized spacial score (nSPS) is 16.2. The van der Waals surface area contributed by atoms with Crippen molar-refractivity contribution in [1.82, 2.24) is 9.88 Å². The molecule has 0 unspecified atom stereocenters. The minimum Gasteiger partial charge on any atom is -0.460 e. The summed E-state index contributed by atoms with van der Waals surface area (Å²) in [7, 11) is 2.16. The van der Waals surface area contributed by atoms with Gasteiger partial charge in [-0.05, 0) is 69.6 Å². The summed E-state index contributed by atoms with van der Waals surface area (Å²) in [4.78, 5) is 18.8. The lowest BCUT2D eigenvalue weighted by Gasteiger charge is -2.29. The number of carbonyl (C=O) groups is 1. The Bertz CT molecular complexity index is 954. The third-order valence-corrected chi connectivity index (χ3v) is 5.39. The second kappa shape index (κ2) is 6.57. The fraction of sp³-hybridized carbons (Fsp3) is 0.333. The van der Waals surface area contributed by atoms with Crippen molar-refractivity contribution < 1.29 is 9.21 Å². The van der Waals surface area contributed by atoms with Crippen molar-refractivity contribution in [2.45, 2.75) is 25.7 Å². The summed E-state index contributed by atoms with van der Waals surface area (Å²) >= 11 is 0. The summed E-state index contributed by atoms with van der Waals surface area (Å²) in [5.74, 6) is 0.739. The summed E-state index contributed by atoms with van der Waals surface area (Å²) in [6.07, 6.45) is 3.96. The Morgan fingerprint density at radius 1 is 1.23 bits per heavy atom. The number of amides is 1. The first kappa shape index (κ1) is 16.8. The lowest BCUT2D eigenvalue weighted by atomic mass is 9.85. The number of fused-ring (bicyclic) bond motifs is 1. The van der Waals surface area contributed by atoms with Crippen LogP contribution in [-0.2, 0) is 0 Å². The summed E-state index contributed by atoms with van der Waals surface area (Å²) in [6, 6.07) is 9.71. The van der Waals surface area contributed by atoms with Gasteiger partial charge in [-0.3, -0.25) is 9.78 Å². The predicted octanol–water partition coefficient (Wildman–Crippen LogP) is 3.71. The zero-order valence-corrected chi connectivity index (χ0v) is 15.2. The lowest BCUT2D eigenvalue weighted by Crippen LogP contribution is -2.29. The van der Waals surface area contributed by atoms with Crippen molar-refractivity contribution in [3.8, 4) is 11.3 Å². The number of likely N-dealkylation sites (tertiary alicyclic amines) is 1. The van der Waals surface area contributed by atoms with Crippen LogP contribution in [0.25, 0.3) is 22.2 Å². The standard InChI is InChI=1S/C21H23N3O2/c1-13-18(17-5-3-4-10-23-17)19-15(14-8-11-24(2)12-9-14)6-7-16(21(22)25)20(19)26-13/h3-7,10,14H,8-9,11-12H2,1-2H3,(H2,22,25). The smallest absolute Gasteiger partial charge is 0.252 e. The molecule has 1 saturated heterocycles. The monoisotopic (exact) mass is 349 g/mol. The van der Waals surface area contributed by atoms with E-state index in [1.54, 1.807) is 6.20 Å². The molecule has 0 saturated carbocycles. The summed E-state index contributed by atoms with van der Waals surface area (Å²) < 4.78 is 6.05. The lowest BCUT2D eigenvalue weighted by molar-refractivity contribution is 0.100. The number of furan rings is 1. The van der Waals surface area contributed by atoms with Crippen LogP contribution in [0.2, 0.25) is 0 Å². The molecule has 0 atom stereocenters. The van der Waals surface area contributed by atoms with Crippen LogP contribution in [0.3, 0.4) is 0 Å². The second-order valence-electron chi connectivity index (χ2n) is 7.10. The first-order valence-corrected chi connectivity index (χ1v) is 9.02. The molecule has 0 radical (unpaired) electrons. The minimum atomic E-state index is -0.466. The third-order valence-electron chi connectivity index (χ3n) is 5.39. The van der Waals surface area contributed by atoms with Crippen molar-refractivity contribution in [3.63, 3.8) is 0 Å². The molecular weight excluding hydrogens is 326 g/mol. The molecule has 2 aromatic heterocycles. The molecule has 1 aliphatic rings. The third kappa shape index (κ3) is 2.78. The van der Waals surface area contributed by atoms with E-state index in [0.717, 1.165) is 48.3 Å². The molecule has 0 aliphatic carbocycles. The average Bonchev–Trinajstić information content (AvgIpc) is 2.99. The Morgan fingerprint density at radius 2 is 2.00 bits per heavy atom. The van der Waals surface area contributed by atoms with Gasteiger partial charge in [-0.15, -0.1) is 0 Å². The number of aryl methyl sites for hydroxylation is 1. The fourth-order valence-corrected chi connectivity index (χ4v) is 4.01. The van der Waals surface area contributed by atoms with E-state index in [-0.39, 0.29) is 0 Å². The molecule has 1 amide bonds. The van der Waals surface area contributed by atoms with Crippen molar-refractivity contribution in [1.29, 1.82) is 0 Å². The van der Waals surface area contributed by atoms with Gasteiger partial charge in [-0.25, -0.2) is 0 Å². The second-order valence-corrected chi connectivity index (χ2v) is 7.10. The van der Waals surface area contributed by atoms with E-state index in [1.807, 2.05) is 31.2 Å².